The van der Waals surface area contributed by atoms with Gasteiger partial charge >= 0.3 is 0 Å². The van der Waals surface area contributed by atoms with Gasteiger partial charge < -0.3 is 0 Å². The molecule has 5 heavy (non-hydrogen) atoms. The van der Waals surface area contributed by atoms with E-state index < -0.39 is 0 Å². The van der Waals surface area contributed by atoms with Crippen LogP contribution in [0.1, 0.15) is 13.8 Å². The molecule has 0 amide bonds. The molecule has 0 unspecified atom stereocenters. The molecule has 0 spiro atoms. The van der Waals surface area contributed by atoms with Crippen LogP contribution in [-0.4, -0.2) is 6.88 Å². The van der Waals surface area contributed by atoms with Gasteiger partial charge in [0.05, 0.1) is 0 Å². The molecule has 0 N–H and O–H groups in total. The van der Waals surface area contributed by atoms with Gasteiger partial charge in [-0.2, -0.15) is 12.5 Å². The van der Waals surface area contributed by atoms with E-state index in [0.29, 0.717) is 5.92 Å². The van der Waals surface area contributed by atoms with Crippen LogP contribution in [0.15, 0.2) is 0 Å². The van der Waals surface area contributed by atoms with Gasteiger partial charge in [-0.15, -0.1) is 0 Å². The largest absolute Gasteiger partial charge is 0.179 e. The molecular formula is C4H10S. The van der Waals surface area contributed by atoms with Crippen LogP contribution >= 0.6 is 12.5 Å². The van der Waals surface area contributed by atoms with E-state index >= 15 is 0 Å². The first-order valence-electron chi connectivity index (χ1n) is 2.26. The van der Waals surface area contributed by atoms with Gasteiger partial charge in [-0.3, -0.25) is 0 Å². The van der Waals surface area contributed by atoms with Crippen LogP contribution < -0.4 is 0 Å². The summed E-state index contributed by atoms with van der Waals surface area (Å²) >= 11 is 1.16. The molecule has 0 aliphatic carbocycles. The predicted molar refractivity (Wildman–Crippen MR) is 28.7 cm³/mol. The van der Waals surface area contributed by atoms with Crippen LogP contribution in [0, 0.1) is 5.92 Å². The van der Waals surface area contributed by atoms with Crippen molar-refractivity contribution in [1.82, 2.24) is 0 Å². The Morgan fingerprint density at radius 3 is 2.60 bits per heavy atom. The van der Waals surface area contributed by atoms with Crippen LogP contribution in [0.25, 0.3) is 0 Å². The first-order chi connectivity index (χ1) is 2.77. The van der Waals surface area contributed by atoms with E-state index in [0.717, 1.165) is 18.3 Å². The first kappa shape index (κ1) is 3.54. The Balaban J connectivity index is 2.63. The topological polar surface area (TPSA) is 0 Å². The number of thiol groups is 1. The van der Waals surface area contributed by atoms with Crippen molar-refractivity contribution < 1.29 is 0 Å². The van der Waals surface area contributed by atoms with E-state index in [1.165, 1.54) is 0 Å². The van der Waals surface area contributed by atoms with Gasteiger partial charge in [0.15, 0.2) is 0 Å². The van der Waals surface area contributed by atoms with E-state index in [9.17, 15) is 0 Å². The zero-order chi connectivity index (χ0) is 4.99. The second-order valence-electron chi connectivity index (χ2n) is 1.56. The maximum Gasteiger partial charge on any atom is 0.102 e. The van der Waals surface area contributed by atoms with Crippen LogP contribution in [0.2, 0.25) is 0 Å². The number of hydrogen-bond donors (Lipinski definition) is 1. The Bertz CT molecular complexity index is 28.7. The van der Waals surface area contributed by atoms with E-state index in [-0.39, 0.29) is 0 Å². The zero-order valence-corrected chi connectivity index (χ0v) is 4.51. The quantitative estimate of drug-likeness (QED) is 0.491. The third-order valence-electron chi connectivity index (χ3n) is 0.333. The Hall–Kier alpha value is 0.350. The lowest BCUT2D eigenvalue weighted by Crippen LogP contribution is -1.83. The van der Waals surface area contributed by atoms with Crippen molar-refractivity contribution in [2.45, 2.75) is 13.8 Å². The summed E-state index contributed by atoms with van der Waals surface area (Å²) in [6.45, 7) is 4.23. The number of hydrogen-bond acceptors (Lipinski definition) is 1. The lowest BCUT2D eigenvalue weighted by Gasteiger charge is -1.89. The molecule has 0 saturated heterocycles. The summed E-state index contributed by atoms with van der Waals surface area (Å²) in [4.78, 5) is 0. The maximum absolute atomic E-state index is 6.65. The van der Waals surface area contributed by atoms with Gasteiger partial charge in [-0.1, -0.05) is 13.8 Å². The Morgan fingerprint density at radius 2 is 2.60 bits per heavy atom. The molecule has 0 heterocycles. The molecule has 32 valence electrons. The van der Waals surface area contributed by atoms with E-state index in [1.807, 2.05) is 0 Å². The molecule has 0 bridgehead atoms. The highest BCUT2D eigenvalue weighted by Crippen LogP contribution is 1.90. The van der Waals surface area contributed by atoms with Crippen molar-refractivity contribution in [1.29, 1.82) is 1.12 Å². The monoisotopic (exact) mass is 92.1 g/mol. The van der Waals surface area contributed by atoms with Crippen LogP contribution in [-0.2, 0) is 0 Å². The summed E-state index contributed by atoms with van der Waals surface area (Å²) in [5, 5.41) is 0. The van der Waals surface area contributed by atoms with Crippen molar-refractivity contribution in [2.75, 3.05) is 5.75 Å². The van der Waals surface area contributed by atoms with E-state index in [4.69, 9.17) is 1.12 Å². The molecular weight excluding hydrogens is 80.1 g/mol. The highest BCUT2D eigenvalue weighted by atomic mass is 32.1. The summed E-state index contributed by atoms with van der Waals surface area (Å²) in [6, 6.07) is 0. The molecule has 0 aliphatic heterocycles. The molecule has 0 aromatic carbocycles. The van der Waals surface area contributed by atoms with Crippen molar-refractivity contribution >= 4 is 12.5 Å². The minimum Gasteiger partial charge on any atom is -0.179 e. The van der Waals surface area contributed by atoms with E-state index in [2.05, 4.69) is 13.8 Å². The highest BCUT2D eigenvalue weighted by Gasteiger charge is 1.80. The Kier molecular flexibility index (Phi) is 1.82. The van der Waals surface area contributed by atoms with Gasteiger partial charge in [0, 0.05) is 0 Å². The summed E-state index contributed by atoms with van der Waals surface area (Å²) in [5.74, 6) is 1.63. The fourth-order valence-corrected chi connectivity index (χ4v) is 0. The SMILES string of the molecule is [3H]SCC(C)C. The number of rotatable bonds is 2. The second-order valence-corrected chi connectivity index (χ2v) is 1.89. The van der Waals surface area contributed by atoms with Crippen molar-refractivity contribution in [3.63, 3.8) is 0 Å². The molecule has 0 atom stereocenters. The molecule has 0 aromatic rings. The lowest BCUT2D eigenvalue weighted by atomic mass is 10.3. The third kappa shape index (κ3) is 4.35. The van der Waals surface area contributed by atoms with Gasteiger partial charge in [0.25, 0.3) is 0 Å². The molecule has 0 aliphatic rings. The van der Waals surface area contributed by atoms with Gasteiger partial charge in [0.2, 0.25) is 0 Å². The Morgan fingerprint density at radius 1 is 2.00 bits per heavy atom. The smallest absolute Gasteiger partial charge is 0.102 e. The second kappa shape index (κ2) is 2.58. The zero-order valence-electron chi connectivity index (χ0n) is 4.69. The minimum absolute atomic E-state index is 0.674. The minimum atomic E-state index is 0.674. The average molecular weight is 92.2 g/mol. The maximum atomic E-state index is 6.65. The Labute approximate surface area is 40.1 Å². The molecule has 0 aromatic heterocycles. The lowest BCUT2D eigenvalue weighted by molar-refractivity contribution is 0.753. The summed E-state index contributed by atoms with van der Waals surface area (Å²) in [6.07, 6.45) is 0. The first-order valence-corrected chi connectivity index (χ1v) is 2.43. The average Bonchev–Trinajstić information content (AvgIpc) is 1.35. The third-order valence-corrected chi connectivity index (χ3v) is 1.00. The fraction of sp³-hybridized carbons (Fsp3) is 1.00. The van der Waals surface area contributed by atoms with Crippen LogP contribution in [0.4, 0.5) is 0 Å². The van der Waals surface area contributed by atoms with Crippen LogP contribution in [0.5, 0.6) is 0 Å². The molecule has 0 saturated carbocycles. The van der Waals surface area contributed by atoms with Gasteiger partial charge in [-0.05, 0) is 11.7 Å². The summed E-state index contributed by atoms with van der Waals surface area (Å²) in [5.41, 5.74) is 0. The molecule has 0 rings (SSSR count). The molecule has 0 nitrogen and oxygen atoms in total. The van der Waals surface area contributed by atoms with E-state index in [1.54, 1.807) is 0 Å². The van der Waals surface area contributed by atoms with Gasteiger partial charge in [-0.25, -0.2) is 0 Å². The fourth-order valence-electron chi connectivity index (χ4n) is 0. The highest BCUT2D eigenvalue weighted by molar-refractivity contribution is 7.80. The normalized spacial score (nSPS) is 12.2. The van der Waals surface area contributed by atoms with Crippen molar-refractivity contribution in [3.8, 4) is 0 Å². The molecule has 1 heteroatoms. The van der Waals surface area contributed by atoms with Crippen LogP contribution in [0.3, 0.4) is 0 Å². The predicted octanol–water partition coefficient (Wildman–Crippen LogP) is 1.57. The van der Waals surface area contributed by atoms with Gasteiger partial charge in [0.1, 0.15) is 1.12 Å². The van der Waals surface area contributed by atoms with Crippen molar-refractivity contribution in [3.05, 3.63) is 0 Å². The summed E-state index contributed by atoms with van der Waals surface area (Å²) in [7, 11) is 0. The standard InChI is InChI=1S/C4H10S/c1-4(2)3-5/h4-5H,3H2,1-2H3/i/hT. The summed E-state index contributed by atoms with van der Waals surface area (Å²) < 4.78 is 6.65. The van der Waals surface area contributed by atoms with Crippen molar-refractivity contribution in [2.24, 2.45) is 5.92 Å². The molecule has 0 fully saturated rings. The molecule has 0 radical (unpaired) electrons.